The number of hydrogen-bond acceptors (Lipinski definition) is 4. The standard InChI is InChI=1S/C9H17NO4/c1-13-6-7(5-11)10-9(12)8-3-2-4-14-8/h7-8,11H,2-6H2,1H3,(H,10,12). The van der Waals surface area contributed by atoms with Gasteiger partial charge in [-0.2, -0.15) is 0 Å². The van der Waals surface area contributed by atoms with Gasteiger partial charge in [0.15, 0.2) is 0 Å². The van der Waals surface area contributed by atoms with Gasteiger partial charge in [-0.1, -0.05) is 0 Å². The van der Waals surface area contributed by atoms with E-state index in [9.17, 15) is 4.79 Å². The molecule has 2 unspecified atom stereocenters. The third kappa shape index (κ3) is 3.25. The predicted octanol–water partition coefficient (Wildman–Crippen LogP) is -0.711. The van der Waals surface area contributed by atoms with Crippen LogP contribution in [0.4, 0.5) is 0 Å². The van der Waals surface area contributed by atoms with Crippen molar-refractivity contribution in [3.63, 3.8) is 0 Å². The summed E-state index contributed by atoms with van der Waals surface area (Å²) < 4.78 is 10.0. The molecule has 5 nitrogen and oxygen atoms in total. The van der Waals surface area contributed by atoms with Gasteiger partial charge < -0.3 is 19.9 Å². The van der Waals surface area contributed by atoms with Crippen LogP contribution in [0.3, 0.4) is 0 Å². The van der Waals surface area contributed by atoms with Crippen LogP contribution in [0.15, 0.2) is 0 Å². The van der Waals surface area contributed by atoms with Gasteiger partial charge in [0.1, 0.15) is 6.10 Å². The molecule has 0 radical (unpaired) electrons. The van der Waals surface area contributed by atoms with Crippen molar-refractivity contribution >= 4 is 5.91 Å². The highest BCUT2D eigenvalue weighted by molar-refractivity contribution is 5.81. The van der Waals surface area contributed by atoms with Gasteiger partial charge >= 0.3 is 0 Å². The van der Waals surface area contributed by atoms with Gasteiger partial charge in [-0.25, -0.2) is 0 Å². The van der Waals surface area contributed by atoms with E-state index < -0.39 is 0 Å². The number of aliphatic hydroxyl groups excluding tert-OH is 1. The van der Waals surface area contributed by atoms with E-state index in [4.69, 9.17) is 14.6 Å². The van der Waals surface area contributed by atoms with E-state index in [0.29, 0.717) is 13.2 Å². The number of hydrogen-bond donors (Lipinski definition) is 2. The van der Waals surface area contributed by atoms with E-state index in [-0.39, 0.29) is 24.7 Å². The molecule has 0 aromatic heterocycles. The highest BCUT2D eigenvalue weighted by Gasteiger charge is 2.25. The third-order valence-electron chi connectivity index (χ3n) is 2.16. The van der Waals surface area contributed by atoms with Crippen molar-refractivity contribution in [2.45, 2.75) is 25.0 Å². The van der Waals surface area contributed by atoms with Crippen molar-refractivity contribution in [1.82, 2.24) is 5.32 Å². The zero-order valence-corrected chi connectivity index (χ0v) is 8.36. The van der Waals surface area contributed by atoms with Gasteiger partial charge in [-0.05, 0) is 12.8 Å². The van der Waals surface area contributed by atoms with Gasteiger partial charge in [0.25, 0.3) is 0 Å². The molecule has 1 aliphatic heterocycles. The normalized spacial score (nSPS) is 23.4. The van der Waals surface area contributed by atoms with Crippen molar-refractivity contribution in [3.8, 4) is 0 Å². The lowest BCUT2D eigenvalue weighted by atomic mass is 10.2. The van der Waals surface area contributed by atoms with Crippen molar-refractivity contribution in [1.29, 1.82) is 0 Å². The molecule has 0 aromatic carbocycles. The number of ether oxygens (including phenoxy) is 2. The van der Waals surface area contributed by atoms with Crippen LogP contribution in [0.2, 0.25) is 0 Å². The van der Waals surface area contributed by atoms with Crippen LogP contribution in [0, 0.1) is 0 Å². The van der Waals surface area contributed by atoms with Crippen molar-refractivity contribution < 1.29 is 19.4 Å². The first kappa shape index (κ1) is 11.4. The maximum Gasteiger partial charge on any atom is 0.249 e. The Balaban J connectivity index is 2.29. The van der Waals surface area contributed by atoms with Crippen LogP contribution in [0.25, 0.3) is 0 Å². The molecule has 1 amide bonds. The van der Waals surface area contributed by atoms with Gasteiger partial charge in [-0.15, -0.1) is 0 Å². The first-order valence-corrected chi connectivity index (χ1v) is 4.79. The highest BCUT2D eigenvalue weighted by Crippen LogP contribution is 2.11. The summed E-state index contributed by atoms with van der Waals surface area (Å²) in [4.78, 5) is 11.5. The molecule has 0 aromatic rings. The van der Waals surface area contributed by atoms with Gasteiger partial charge in [0.2, 0.25) is 5.91 Å². The number of nitrogens with one attached hydrogen (secondary N) is 1. The van der Waals surface area contributed by atoms with Crippen LogP contribution in [0.5, 0.6) is 0 Å². The molecule has 2 N–H and O–H groups in total. The summed E-state index contributed by atoms with van der Waals surface area (Å²) in [5, 5.41) is 11.6. The lowest BCUT2D eigenvalue weighted by Crippen LogP contribution is -2.45. The Bertz CT molecular complexity index is 180. The summed E-state index contributed by atoms with van der Waals surface area (Å²) in [5.41, 5.74) is 0. The maximum absolute atomic E-state index is 11.5. The van der Waals surface area contributed by atoms with Crippen LogP contribution in [-0.4, -0.2) is 50.1 Å². The largest absolute Gasteiger partial charge is 0.394 e. The summed E-state index contributed by atoms with van der Waals surface area (Å²) in [7, 11) is 1.53. The molecule has 5 heteroatoms. The number of amides is 1. The maximum atomic E-state index is 11.5. The second-order valence-electron chi connectivity index (χ2n) is 3.35. The summed E-state index contributed by atoms with van der Waals surface area (Å²) in [6.07, 6.45) is 1.34. The SMILES string of the molecule is COCC(CO)NC(=O)C1CCCO1. The molecule has 0 saturated carbocycles. The number of rotatable bonds is 5. The zero-order valence-electron chi connectivity index (χ0n) is 8.36. The Hall–Kier alpha value is -0.650. The van der Waals surface area contributed by atoms with E-state index in [1.54, 1.807) is 0 Å². The molecular weight excluding hydrogens is 186 g/mol. The minimum atomic E-state index is -0.346. The van der Waals surface area contributed by atoms with Crippen LogP contribution in [0.1, 0.15) is 12.8 Å². The number of carbonyl (C=O) groups excluding carboxylic acids is 1. The Morgan fingerprint density at radius 1 is 1.79 bits per heavy atom. The van der Waals surface area contributed by atoms with Crippen LogP contribution < -0.4 is 5.32 Å². The van der Waals surface area contributed by atoms with Gasteiger partial charge in [0.05, 0.1) is 19.3 Å². The molecule has 1 saturated heterocycles. The van der Waals surface area contributed by atoms with Gasteiger partial charge in [0, 0.05) is 13.7 Å². The zero-order chi connectivity index (χ0) is 10.4. The molecular formula is C9H17NO4. The average Bonchev–Trinajstić information content (AvgIpc) is 2.69. The molecule has 82 valence electrons. The van der Waals surface area contributed by atoms with E-state index >= 15 is 0 Å². The summed E-state index contributed by atoms with van der Waals surface area (Å²) in [6.45, 7) is 0.841. The molecule has 1 rings (SSSR count). The minimum Gasteiger partial charge on any atom is -0.394 e. The highest BCUT2D eigenvalue weighted by atomic mass is 16.5. The fraction of sp³-hybridized carbons (Fsp3) is 0.889. The molecule has 0 aliphatic carbocycles. The smallest absolute Gasteiger partial charge is 0.249 e. The first-order valence-electron chi connectivity index (χ1n) is 4.79. The average molecular weight is 203 g/mol. The second-order valence-corrected chi connectivity index (χ2v) is 3.35. The van der Waals surface area contributed by atoms with Crippen molar-refractivity contribution in [2.75, 3.05) is 26.9 Å². The molecule has 0 spiro atoms. The fourth-order valence-corrected chi connectivity index (χ4v) is 1.42. The lowest BCUT2D eigenvalue weighted by molar-refractivity contribution is -0.131. The number of methoxy groups -OCH3 is 1. The van der Waals surface area contributed by atoms with E-state index in [1.807, 2.05) is 0 Å². The molecule has 14 heavy (non-hydrogen) atoms. The monoisotopic (exact) mass is 203 g/mol. The second kappa shape index (κ2) is 5.95. The summed E-state index contributed by atoms with van der Waals surface area (Å²) >= 11 is 0. The molecule has 1 aliphatic rings. The van der Waals surface area contributed by atoms with Crippen molar-refractivity contribution in [3.05, 3.63) is 0 Å². The number of carbonyl (C=O) groups is 1. The third-order valence-corrected chi connectivity index (χ3v) is 2.16. The Labute approximate surface area is 83.4 Å². The first-order chi connectivity index (χ1) is 6.77. The summed E-state index contributed by atoms with van der Waals surface area (Å²) in [6, 6.07) is -0.336. The molecule has 0 bridgehead atoms. The number of aliphatic hydroxyl groups is 1. The summed E-state index contributed by atoms with van der Waals surface area (Å²) in [5.74, 6) is -0.154. The van der Waals surface area contributed by atoms with Crippen LogP contribution in [-0.2, 0) is 14.3 Å². The molecule has 2 atom stereocenters. The van der Waals surface area contributed by atoms with Gasteiger partial charge in [-0.3, -0.25) is 4.79 Å². The van der Waals surface area contributed by atoms with E-state index in [2.05, 4.69) is 5.32 Å². The molecule has 1 fully saturated rings. The lowest BCUT2D eigenvalue weighted by Gasteiger charge is -2.17. The van der Waals surface area contributed by atoms with E-state index in [0.717, 1.165) is 12.8 Å². The minimum absolute atomic E-state index is 0.119. The Kier molecular flexibility index (Phi) is 4.86. The molecule has 1 heterocycles. The quantitative estimate of drug-likeness (QED) is 0.619. The van der Waals surface area contributed by atoms with Crippen molar-refractivity contribution in [2.24, 2.45) is 0 Å². The fourth-order valence-electron chi connectivity index (χ4n) is 1.42. The Morgan fingerprint density at radius 2 is 2.57 bits per heavy atom. The van der Waals surface area contributed by atoms with E-state index in [1.165, 1.54) is 7.11 Å². The Morgan fingerprint density at radius 3 is 3.07 bits per heavy atom. The van der Waals surface area contributed by atoms with Crippen LogP contribution >= 0.6 is 0 Å². The topological polar surface area (TPSA) is 67.8 Å². The predicted molar refractivity (Wildman–Crippen MR) is 49.9 cm³/mol.